The van der Waals surface area contributed by atoms with Gasteiger partial charge in [0.05, 0.1) is 23.2 Å². The lowest BCUT2D eigenvalue weighted by Crippen LogP contribution is -2.48. The number of nitriles is 1. The summed E-state index contributed by atoms with van der Waals surface area (Å²) < 4.78 is 5.02. The average molecular weight is 393 g/mol. The monoisotopic (exact) mass is 393 g/mol. The second-order valence-electron chi connectivity index (χ2n) is 6.30. The molecule has 2 N–H and O–H groups in total. The summed E-state index contributed by atoms with van der Waals surface area (Å²) in [5, 5.41) is 19.5. The van der Waals surface area contributed by atoms with Gasteiger partial charge in [0.15, 0.2) is 10.9 Å². The molecule has 1 aromatic carbocycles. The number of nitrogens with zero attached hydrogens (tertiary/aromatic N) is 3. The van der Waals surface area contributed by atoms with Crippen molar-refractivity contribution in [3.8, 4) is 6.07 Å². The molecule has 142 valence electrons. The van der Waals surface area contributed by atoms with Gasteiger partial charge in [-0.15, -0.1) is 6.58 Å². The normalized spacial score (nSPS) is 16.4. The maximum Gasteiger partial charge on any atom is 0.257 e. The van der Waals surface area contributed by atoms with E-state index in [0.29, 0.717) is 40.1 Å². The Morgan fingerprint density at radius 3 is 2.93 bits per heavy atom. The van der Waals surface area contributed by atoms with E-state index in [9.17, 15) is 10.1 Å². The van der Waals surface area contributed by atoms with Gasteiger partial charge >= 0.3 is 0 Å². The first-order chi connectivity index (χ1) is 13.4. The third kappa shape index (κ3) is 3.80. The van der Waals surface area contributed by atoms with Crippen LogP contribution in [-0.4, -0.2) is 27.6 Å². The topological polar surface area (TPSA) is 94.2 Å². The molecular formula is C20H19N5O2S. The van der Waals surface area contributed by atoms with Crippen LogP contribution in [0.4, 0.5) is 5.82 Å². The third-order valence-corrected chi connectivity index (χ3v) is 4.71. The summed E-state index contributed by atoms with van der Waals surface area (Å²) in [7, 11) is 0. The van der Waals surface area contributed by atoms with Crippen LogP contribution in [0.15, 0.2) is 58.8 Å². The predicted molar refractivity (Wildman–Crippen MR) is 109 cm³/mol. The van der Waals surface area contributed by atoms with Crippen LogP contribution in [0.5, 0.6) is 0 Å². The fourth-order valence-corrected chi connectivity index (χ4v) is 3.40. The Morgan fingerprint density at radius 1 is 1.50 bits per heavy atom. The second kappa shape index (κ2) is 8.06. The number of hydrogen-bond donors (Lipinski definition) is 2. The van der Waals surface area contributed by atoms with Crippen molar-refractivity contribution in [3.05, 3.63) is 71.1 Å². The quantitative estimate of drug-likeness (QED) is 0.595. The minimum Gasteiger partial charge on any atom is -0.360 e. The lowest BCUT2D eigenvalue weighted by molar-refractivity contribution is -0.113. The molecule has 0 spiro atoms. The molecular weight excluding hydrogens is 374 g/mol. The molecule has 1 aliphatic heterocycles. The molecule has 0 aliphatic carbocycles. The first-order valence-electron chi connectivity index (χ1n) is 8.59. The van der Waals surface area contributed by atoms with Gasteiger partial charge in [0, 0.05) is 18.3 Å². The minimum atomic E-state index is -0.505. The van der Waals surface area contributed by atoms with E-state index < -0.39 is 6.04 Å². The Bertz CT molecular complexity index is 1020. The number of aromatic nitrogens is 1. The Labute approximate surface area is 168 Å². The first kappa shape index (κ1) is 19.3. The molecule has 28 heavy (non-hydrogen) atoms. The van der Waals surface area contributed by atoms with E-state index in [1.807, 2.05) is 13.0 Å². The number of carbonyl (C=O) groups excluding carboxylic acids is 1. The van der Waals surface area contributed by atoms with E-state index in [0.717, 1.165) is 5.56 Å². The molecule has 1 amide bonds. The number of anilines is 1. The maximum atomic E-state index is 13.1. The van der Waals surface area contributed by atoms with Crippen molar-refractivity contribution in [2.24, 2.45) is 0 Å². The molecule has 0 radical (unpaired) electrons. The molecule has 1 aromatic heterocycles. The molecule has 0 bridgehead atoms. The van der Waals surface area contributed by atoms with Crippen LogP contribution >= 0.6 is 12.2 Å². The van der Waals surface area contributed by atoms with Crippen LogP contribution < -0.4 is 10.6 Å². The van der Waals surface area contributed by atoms with Gasteiger partial charge in [-0.25, -0.2) is 0 Å². The molecule has 0 fully saturated rings. The van der Waals surface area contributed by atoms with E-state index in [2.05, 4.69) is 28.4 Å². The van der Waals surface area contributed by atoms with Gasteiger partial charge in [-0.3, -0.25) is 4.79 Å². The Hall–Kier alpha value is -3.44. The van der Waals surface area contributed by atoms with Gasteiger partial charge in [0.1, 0.15) is 5.76 Å². The zero-order valence-electron chi connectivity index (χ0n) is 15.5. The van der Waals surface area contributed by atoms with Crippen molar-refractivity contribution in [2.45, 2.75) is 19.9 Å². The van der Waals surface area contributed by atoms with Gasteiger partial charge < -0.3 is 20.1 Å². The summed E-state index contributed by atoms with van der Waals surface area (Å²) in [5.74, 6) is 0.591. The van der Waals surface area contributed by atoms with Gasteiger partial charge in [-0.1, -0.05) is 23.4 Å². The van der Waals surface area contributed by atoms with Crippen molar-refractivity contribution < 1.29 is 9.32 Å². The molecule has 3 rings (SSSR count). The standard InChI is InChI=1S/C20H19N5O2S/c1-4-8-25-13(3)17(19(26)22-16-9-12(2)27-24-16)18(23-20(25)28)15-7-5-6-14(10-15)11-21/h4-7,9-10,18H,1,8H2,2-3H3,(H,23,28)(H,22,24,26). The highest BCUT2D eigenvalue weighted by Gasteiger charge is 2.34. The largest absolute Gasteiger partial charge is 0.360 e. The summed E-state index contributed by atoms with van der Waals surface area (Å²) in [5.41, 5.74) is 2.45. The Kier molecular flexibility index (Phi) is 5.57. The smallest absolute Gasteiger partial charge is 0.257 e. The van der Waals surface area contributed by atoms with Crippen LogP contribution in [0.1, 0.15) is 29.9 Å². The van der Waals surface area contributed by atoms with Crippen molar-refractivity contribution in [2.75, 3.05) is 11.9 Å². The third-order valence-electron chi connectivity index (χ3n) is 4.37. The van der Waals surface area contributed by atoms with Gasteiger partial charge in [-0.2, -0.15) is 5.26 Å². The number of aryl methyl sites for hydroxylation is 1. The number of hydrogen-bond acceptors (Lipinski definition) is 5. The molecule has 1 aliphatic rings. The number of thiocarbonyl (C=S) groups is 1. The summed E-state index contributed by atoms with van der Waals surface area (Å²) in [6, 6.07) is 10.3. The predicted octanol–water partition coefficient (Wildman–Crippen LogP) is 3.18. The number of amides is 1. The highest BCUT2D eigenvalue weighted by molar-refractivity contribution is 7.80. The molecule has 1 atom stereocenters. The molecule has 8 heteroatoms. The zero-order valence-corrected chi connectivity index (χ0v) is 16.3. The summed E-state index contributed by atoms with van der Waals surface area (Å²) in [6.07, 6.45) is 1.71. The number of nitrogens with one attached hydrogen (secondary N) is 2. The Morgan fingerprint density at radius 2 is 2.29 bits per heavy atom. The fourth-order valence-electron chi connectivity index (χ4n) is 3.07. The van der Waals surface area contributed by atoms with Gasteiger partial charge in [-0.05, 0) is 43.8 Å². The van der Waals surface area contributed by atoms with Gasteiger partial charge in [0.2, 0.25) is 0 Å². The number of benzene rings is 1. The van der Waals surface area contributed by atoms with Crippen LogP contribution in [0, 0.1) is 18.3 Å². The SMILES string of the molecule is C=CCN1C(=S)NC(c2cccc(C#N)c2)C(C(=O)Nc2cc(C)on2)=C1C. The highest BCUT2D eigenvalue weighted by atomic mass is 32.1. The molecule has 2 heterocycles. The lowest BCUT2D eigenvalue weighted by Gasteiger charge is -2.37. The van der Waals surface area contributed by atoms with Crippen molar-refractivity contribution >= 4 is 29.1 Å². The Balaban J connectivity index is 2.05. The second-order valence-corrected chi connectivity index (χ2v) is 6.68. The molecule has 0 saturated heterocycles. The maximum absolute atomic E-state index is 13.1. The summed E-state index contributed by atoms with van der Waals surface area (Å²) in [6.45, 7) is 7.79. The molecule has 0 saturated carbocycles. The average Bonchev–Trinajstić information content (AvgIpc) is 3.09. The molecule has 1 unspecified atom stereocenters. The molecule has 2 aromatic rings. The van der Waals surface area contributed by atoms with Crippen molar-refractivity contribution in [3.63, 3.8) is 0 Å². The minimum absolute atomic E-state index is 0.329. The fraction of sp³-hybridized carbons (Fsp3) is 0.200. The summed E-state index contributed by atoms with van der Waals surface area (Å²) in [4.78, 5) is 14.9. The van der Waals surface area contributed by atoms with Gasteiger partial charge in [0.25, 0.3) is 5.91 Å². The highest BCUT2D eigenvalue weighted by Crippen LogP contribution is 2.31. The van der Waals surface area contributed by atoms with Crippen LogP contribution in [0.2, 0.25) is 0 Å². The van der Waals surface area contributed by atoms with Crippen LogP contribution in [-0.2, 0) is 4.79 Å². The van der Waals surface area contributed by atoms with E-state index in [-0.39, 0.29) is 5.91 Å². The zero-order chi connectivity index (χ0) is 20.3. The first-order valence-corrected chi connectivity index (χ1v) is 9.00. The van der Waals surface area contributed by atoms with Crippen molar-refractivity contribution in [1.82, 2.24) is 15.4 Å². The van der Waals surface area contributed by atoms with Crippen LogP contribution in [0.3, 0.4) is 0 Å². The van der Waals surface area contributed by atoms with Crippen molar-refractivity contribution in [1.29, 1.82) is 5.26 Å². The van der Waals surface area contributed by atoms with E-state index >= 15 is 0 Å². The number of rotatable bonds is 5. The number of carbonyl (C=O) groups is 1. The van der Waals surface area contributed by atoms with E-state index in [4.69, 9.17) is 16.7 Å². The molecule has 7 nitrogen and oxygen atoms in total. The van der Waals surface area contributed by atoms with E-state index in [1.54, 1.807) is 42.2 Å². The van der Waals surface area contributed by atoms with Crippen LogP contribution in [0.25, 0.3) is 0 Å². The van der Waals surface area contributed by atoms with E-state index in [1.165, 1.54) is 0 Å². The number of allylic oxidation sites excluding steroid dienone is 1. The summed E-state index contributed by atoms with van der Waals surface area (Å²) >= 11 is 5.49. The lowest BCUT2D eigenvalue weighted by atomic mass is 9.93.